The van der Waals surface area contributed by atoms with Crippen LogP contribution < -0.4 is 10.5 Å². The second-order valence-electron chi connectivity index (χ2n) is 4.03. The molecular weight excluding hydrogens is 328 g/mol. The number of aromatic hydroxyl groups is 1. The van der Waals surface area contributed by atoms with Gasteiger partial charge in [0, 0.05) is 18.0 Å². The number of benzene rings is 1. The van der Waals surface area contributed by atoms with Crippen molar-refractivity contribution in [1.82, 2.24) is 0 Å². The van der Waals surface area contributed by atoms with E-state index in [4.69, 9.17) is 5.73 Å². The standard InChI is InChI=1S/C11H11F6NO2.ClH/c12-10(13,14)4-3-8(18)7-5-6(1-2-9(7)19)20-11(15,16)17;/h1-2,5,8,19H,3-4,18H2;1H/t8-;/m1./s1. The molecule has 0 bridgehead atoms. The predicted molar refractivity (Wildman–Crippen MR) is 64.3 cm³/mol. The molecule has 0 aliphatic carbocycles. The van der Waals surface area contributed by atoms with Crippen molar-refractivity contribution in [2.45, 2.75) is 31.4 Å². The van der Waals surface area contributed by atoms with Gasteiger partial charge in [-0.1, -0.05) is 0 Å². The van der Waals surface area contributed by atoms with E-state index in [0.29, 0.717) is 0 Å². The highest BCUT2D eigenvalue weighted by Gasteiger charge is 2.32. The van der Waals surface area contributed by atoms with E-state index < -0.39 is 42.9 Å². The number of hydrogen-bond acceptors (Lipinski definition) is 3. The maximum Gasteiger partial charge on any atom is 0.573 e. The summed E-state index contributed by atoms with van der Waals surface area (Å²) in [6.45, 7) is 0. The summed E-state index contributed by atoms with van der Waals surface area (Å²) in [6, 6.07) is 1.23. The van der Waals surface area contributed by atoms with Crippen LogP contribution in [0.2, 0.25) is 0 Å². The molecule has 0 aliphatic rings. The van der Waals surface area contributed by atoms with Crippen molar-refractivity contribution >= 4 is 12.4 Å². The second-order valence-corrected chi connectivity index (χ2v) is 4.03. The number of phenolic OH excluding ortho intramolecular Hbond substituents is 1. The molecule has 0 saturated heterocycles. The minimum Gasteiger partial charge on any atom is -0.508 e. The second kappa shape index (κ2) is 7.08. The first kappa shape index (κ1) is 19.7. The van der Waals surface area contributed by atoms with Gasteiger partial charge in [-0.3, -0.25) is 0 Å². The predicted octanol–water partition coefficient (Wildman–Crippen LogP) is 4.05. The maximum absolute atomic E-state index is 12.0. The van der Waals surface area contributed by atoms with E-state index in [1.807, 2.05) is 0 Å². The molecule has 10 heteroatoms. The number of hydrogen-bond donors (Lipinski definition) is 2. The molecule has 21 heavy (non-hydrogen) atoms. The van der Waals surface area contributed by atoms with Crippen LogP contribution in [0.4, 0.5) is 26.3 Å². The molecule has 1 atom stereocenters. The molecule has 0 heterocycles. The number of halogens is 7. The molecule has 3 N–H and O–H groups in total. The Bertz CT molecular complexity index is 463. The first-order valence-corrected chi connectivity index (χ1v) is 5.39. The van der Waals surface area contributed by atoms with Crippen LogP contribution in [-0.4, -0.2) is 17.6 Å². The molecule has 0 radical (unpaired) electrons. The monoisotopic (exact) mass is 339 g/mol. The third-order valence-corrected chi connectivity index (χ3v) is 2.37. The molecule has 3 nitrogen and oxygen atoms in total. The molecular formula is C11H12ClF6NO2. The van der Waals surface area contributed by atoms with E-state index in [2.05, 4.69) is 4.74 Å². The summed E-state index contributed by atoms with van der Waals surface area (Å²) in [4.78, 5) is 0. The Labute approximate surface area is 122 Å². The lowest BCUT2D eigenvalue weighted by molar-refractivity contribution is -0.274. The van der Waals surface area contributed by atoms with Gasteiger partial charge in [-0.05, 0) is 24.6 Å². The van der Waals surface area contributed by atoms with E-state index in [0.717, 1.165) is 18.2 Å². The van der Waals surface area contributed by atoms with Crippen molar-refractivity contribution in [3.05, 3.63) is 23.8 Å². The van der Waals surface area contributed by atoms with Crippen LogP contribution >= 0.6 is 12.4 Å². The van der Waals surface area contributed by atoms with Crippen molar-refractivity contribution in [3.63, 3.8) is 0 Å². The van der Waals surface area contributed by atoms with Gasteiger partial charge < -0.3 is 15.6 Å². The molecule has 0 saturated carbocycles. The highest BCUT2D eigenvalue weighted by molar-refractivity contribution is 5.85. The Morgan fingerprint density at radius 2 is 1.71 bits per heavy atom. The fourth-order valence-electron chi connectivity index (χ4n) is 1.50. The van der Waals surface area contributed by atoms with Gasteiger partial charge in [0.2, 0.25) is 0 Å². The van der Waals surface area contributed by atoms with Crippen LogP contribution in [0, 0.1) is 0 Å². The van der Waals surface area contributed by atoms with Crippen molar-refractivity contribution < 1.29 is 36.2 Å². The minimum absolute atomic E-state index is 0. The number of rotatable bonds is 4. The van der Waals surface area contributed by atoms with E-state index in [9.17, 15) is 31.4 Å². The zero-order valence-corrected chi connectivity index (χ0v) is 11.1. The summed E-state index contributed by atoms with van der Waals surface area (Å²) >= 11 is 0. The Morgan fingerprint density at radius 1 is 1.14 bits per heavy atom. The molecule has 1 rings (SSSR count). The first-order chi connectivity index (χ1) is 8.98. The highest BCUT2D eigenvalue weighted by atomic mass is 35.5. The zero-order chi connectivity index (χ0) is 15.6. The summed E-state index contributed by atoms with van der Waals surface area (Å²) in [5.74, 6) is -1.15. The SMILES string of the molecule is Cl.N[C@H](CCC(F)(F)F)c1cc(OC(F)(F)F)ccc1O. The smallest absolute Gasteiger partial charge is 0.508 e. The third-order valence-electron chi connectivity index (χ3n) is 2.37. The molecule has 0 amide bonds. The Morgan fingerprint density at radius 3 is 2.19 bits per heavy atom. The molecule has 0 aromatic heterocycles. The van der Waals surface area contributed by atoms with E-state index in [1.54, 1.807) is 0 Å². The van der Waals surface area contributed by atoms with Gasteiger partial charge in [-0.2, -0.15) is 13.2 Å². The molecule has 0 aliphatic heterocycles. The van der Waals surface area contributed by atoms with Crippen LogP contribution in [0.3, 0.4) is 0 Å². The summed E-state index contributed by atoms with van der Waals surface area (Å²) < 4.78 is 75.8. The Kier molecular flexibility index (Phi) is 6.62. The van der Waals surface area contributed by atoms with Gasteiger partial charge in [0.05, 0.1) is 0 Å². The topological polar surface area (TPSA) is 55.5 Å². The number of ether oxygens (including phenoxy) is 1. The van der Waals surface area contributed by atoms with Crippen molar-refractivity contribution in [3.8, 4) is 11.5 Å². The van der Waals surface area contributed by atoms with Crippen LogP contribution in [0.15, 0.2) is 18.2 Å². The molecule has 122 valence electrons. The number of phenols is 1. The van der Waals surface area contributed by atoms with Crippen LogP contribution in [0.1, 0.15) is 24.4 Å². The van der Waals surface area contributed by atoms with Crippen molar-refractivity contribution in [2.75, 3.05) is 0 Å². The average Bonchev–Trinajstić information content (AvgIpc) is 2.25. The van der Waals surface area contributed by atoms with Gasteiger partial charge in [0.25, 0.3) is 0 Å². The summed E-state index contributed by atoms with van der Waals surface area (Å²) in [5, 5.41) is 9.44. The van der Waals surface area contributed by atoms with Crippen LogP contribution in [-0.2, 0) is 0 Å². The van der Waals surface area contributed by atoms with E-state index >= 15 is 0 Å². The summed E-state index contributed by atoms with van der Waals surface area (Å²) in [5.41, 5.74) is 5.20. The fraction of sp³-hybridized carbons (Fsp3) is 0.455. The molecule has 1 aromatic carbocycles. The number of nitrogens with two attached hydrogens (primary N) is 1. The third kappa shape index (κ3) is 7.28. The molecule has 0 spiro atoms. The van der Waals surface area contributed by atoms with Crippen molar-refractivity contribution in [2.24, 2.45) is 5.73 Å². The van der Waals surface area contributed by atoms with Crippen molar-refractivity contribution in [1.29, 1.82) is 0 Å². The Hall–Kier alpha value is -1.35. The fourth-order valence-corrected chi connectivity index (χ4v) is 1.50. The summed E-state index contributed by atoms with van der Waals surface area (Å²) in [7, 11) is 0. The Balaban J connectivity index is 0.00000400. The lowest BCUT2D eigenvalue weighted by Crippen LogP contribution is -2.18. The largest absolute Gasteiger partial charge is 0.573 e. The average molecular weight is 340 g/mol. The molecule has 0 fully saturated rings. The number of alkyl halides is 6. The first-order valence-electron chi connectivity index (χ1n) is 5.39. The van der Waals surface area contributed by atoms with Gasteiger partial charge >= 0.3 is 12.5 Å². The van der Waals surface area contributed by atoms with E-state index in [1.165, 1.54) is 0 Å². The normalized spacial score (nSPS) is 13.5. The highest BCUT2D eigenvalue weighted by Crippen LogP contribution is 2.34. The molecule has 0 unspecified atom stereocenters. The van der Waals surface area contributed by atoms with Gasteiger partial charge in [0.15, 0.2) is 0 Å². The maximum atomic E-state index is 12.0. The zero-order valence-electron chi connectivity index (χ0n) is 10.3. The lowest BCUT2D eigenvalue weighted by atomic mass is 10.0. The van der Waals surface area contributed by atoms with E-state index in [-0.39, 0.29) is 18.0 Å². The minimum atomic E-state index is -4.94. The van der Waals surface area contributed by atoms with Crippen LogP contribution in [0.25, 0.3) is 0 Å². The van der Waals surface area contributed by atoms with Gasteiger partial charge in [-0.15, -0.1) is 25.6 Å². The van der Waals surface area contributed by atoms with Crippen LogP contribution in [0.5, 0.6) is 11.5 Å². The lowest BCUT2D eigenvalue weighted by Gasteiger charge is -2.16. The van der Waals surface area contributed by atoms with Gasteiger partial charge in [0.1, 0.15) is 11.5 Å². The summed E-state index contributed by atoms with van der Waals surface area (Å²) in [6.07, 6.45) is -11.2. The van der Waals surface area contributed by atoms with Gasteiger partial charge in [-0.25, -0.2) is 0 Å². The quantitative estimate of drug-likeness (QED) is 0.814. The molecule has 1 aromatic rings.